The van der Waals surface area contributed by atoms with Crippen LogP contribution in [0.3, 0.4) is 0 Å². The Morgan fingerprint density at radius 2 is 1.58 bits per heavy atom. The van der Waals surface area contributed by atoms with Crippen molar-refractivity contribution in [3.05, 3.63) is 131 Å². The van der Waals surface area contributed by atoms with E-state index in [1.165, 1.54) is 0 Å². The fourth-order valence-electron chi connectivity index (χ4n) is 4.69. The molecule has 3 aromatic carbocycles. The van der Waals surface area contributed by atoms with Crippen molar-refractivity contribution in [2.75, 3.05) is 37.8 Å². The first kappa shape index (κ1) is 31.0. The van der Waals surface area contributed by atoms with E-state index in [4.69, 9.17) is 0 Å². The molecule has 2 amide bonds. The molecule has 9 heteroatoms. The first-order chi connectivity index (χ1) is 21.7. The van der Waals surface area contributed by atoms with Crippen LogP contribution in [0.15, 0.2) is 104 Å². The first-order valence-electron chi connectivity index (χ1n) is 14.8. The fraction of sp³-hybridized carbons (Fsp3) is 0.194. The number of rotatable bonds is 11. The molecular weight excluding hydrogens is 562 g/mol. The van der Waals surface area contributed by atoms with E-state index in [1.54, 1.807) is 30.7 Å². The van der Waals surface area contributed by atoms with Gasteiger partial charge < -0.3 is 20.4 Å². The molecule has 2 aromatic heterocycles. The molecular formula is C36H37N7O2. The van der Waals surface area contributed by atoms with Gasteiger partial charge >= 0.3 is 0 Å². The maximum absolute atomic E-state index is 13.3. The second-order valence-electron chi connectivity index (χ2n) is 11.2. The summed E-state index contributed by atoms with van der Waals surface area (Å²) in [5.74, 6) is 0.196. The predicted molar refractivity (Wildman–Crippen MR) is 179 cm³/mol. The summed E-state index contributed by atoms with van der Waals surface area (Å²) < 4.78 is 0. The number of aryl methyl sites for hydroxylation is 2. The standard InChI is InChI=1S/C36H37N7O2/c1-25-7-12-29(13-8-25)35(45)43(21-20-42(3)4)24-27-10-14-28(15-11-27)34(44)39-31-16-9-26(2)33(22-31)41-36-38-19-17-32(40-36)30-6-5-18-37-23-30/h5-19,22-23H,20-21,24H2,1-4H3,(H,39,44)(H,38,40,41). The number of nitrogens with one attached hydrogen (secondary N) is 2. The average Bonchev–Trinajstić information content (AvgIpc) is 3.05. The number of pyridine rings is 1. The van der Waals surface area contributed by atoms with Gasteiger partial charge in [0.15, 0.2) is 0 Å². The number of carbonyl (C=O) groups excluding carboxylic acids is 2. The summed E-state index contributed by atoms with van der Waals surface area (Å²) in [6, 6.07) is 26.3. The van der Waals surface area contributed by atoms with E-state index in [-0.39, 0.29) is 11.8 Å². The van der Waals surface area contributed by atoms with Crippen LogP contribution in [-0.2, 0) is 6.54 Å². The minimum Gasteiger partial charge on any atom is -0.333 e. The van der Waals surface area contributed by atoms with Crippen molar-refractivity contribution in [2.45, 2.75) is 20.4 Å². The van der Waals surface area contributed by atoms with Gasteiger partial charge in [-0.1, -0.05) is 35.9 Å². The minimum absolute atomic E-state index is 0.0170. The smallest absolute Gasteiger partial charge is 0.255 e. The number of likely N-dealkylation sites (N-methyl/N-ethyl adjacent to an activating group) is 1. The maximum atomic E-state index is 13.3. The molecule has 0 spiro atoms. The molecule has 228 valence electrons. The summed E-state index contributed by atoms with van der Waals surface area (Å²) in [5, 5.41) is 6.26. The summed E-state index contributed by atoms with van der Waals surface area (Å²) in [7, 11) is 3.98. The van der Waals surface area contributed by atoms with Crippen molar-refractivity contribution >= 4 is 29.1 Å². The normalized spacial score (nSPS) is 10.9. The Morgan fingerprint density at radius 1 is 0.822 bits per heavy atom. The van der Waals surface area contributed by atoms with Gasteiger partial charge in [-0.2, -0.15) is 0 Å². The van der Waals surface area contributed by atoms with E-state index in [1.807, 2.05) is 106 Å². The molecule has 0 atom stereocenters. The van der Waals surface area contributed by atoms with E-state index in [9.17, 15) is 9.59 Å². The number of hydrogen-bond donors (Lipinski definition) is 2. The highest BCUT2D eigenvalue weighted by Crippen LogP contribution is 2.25. The lowest BCUT2D eigenvalue weighted by atomic mass is 10.1. The summed E-state index contributed by atoms with van der Waals surface area (Å²) in [4.78, 5) is 43.5. The van der Waals surface area contributed by atoms with Crippen LogP contribution in [0.4, 0.5) is 17.3 Å². The summed E-state index contributed by atoms with van der Waals surface area (Å²) >= 11 is 0. The second-order valence-corrected chi connectivity index (χ2v) is 11.2. The van der Waals surface area contributed by atoms with Gasteiger partial charge in [0.1, 0.15) is 0 Å². The van der Waals surface area contributed by atoms with Crippen LogP contribution in [-0.4, -0.2) is 63.8 Å². The average molecular weight is 600 g/mol. The van der Waals surface area contributed by atoms with E-state index in [2.05, 4.69) is 30.5 Å². The number of hydrogen-bond acceptors (Lipinski definition) is 7. The van der Waals surface area contributed by atoms with E-state index in [0.29, 0.717) is 35.9 Å². The van der Waals surface area contributed by atoms with E-state index in [0.717, 1.165) is 40.2 Å². The first-order valence-corrected chi connectivity index (χ1v) is 14.8. The molecule has 0 aliphatic rings. The van der Waals surface area contributed by atoms with Gasteiger partial charge in [-0.15, -0.1) is 0 Å². The molecule has 5 rings (SSSR count). The van der Waals surface area contributed by atoms with Crippen LogP contribution in [0.2, 0.25) is 0 Å². The molecule has 0 saturated heterocycles. The molecule has 0 fully saturated rings. The lowest BCUT2D eigenvalue weighted by molar-refractivity contribution is 0.0731. The zero-order valence-electron chi connectivity index (χ0n) is 26.0. The zero-order valence-corrected chi connectivity index (χ0v) is 26.0. The predicted octanol–water partition coefficient (Wildman–Crippen LogP) is 6.36. The topological polar surface area (TPSA) is 103 Å². The highest BCUT2D eigenvalue weighted by Gasteiger charge is 2.17. The number of carbonyl (C=O) groups is 2. The van der Waals surface area contributed by atoms with Gasteiger partial charge in [0.25, 0.3) is 11.8 Å². The quantitative estimate of drug-likeness (QED) is 0.182. The number of benzene rings is 3. The highest BCUT2D eigenvalue weighted by atomic mass is 16.2. The van der Waals surface area contributed by atoms with Crippen molar-refractivity contribution in [1.82, 2.24) is 24.8 Å². The largest absolute Gasteiger partial charge is 0.333 e. The monoisotopic (exact) mass is 599 g/mol. The van der Waals surface area contributed by atoms with E-state index < -0.39 is 0 Å². The van der Waals surface area contributed by atoms with Crippen molar-refractivity contribution in [3.8, 4) is 11.3 Å². The Bertz CT molecular complexity index is 1760. The second kappa shape index (κ2) is 14.4. The summed E-state index contributed by atoms with van der Waals surface area (Å²) in [6.07, 6.45) is 5.17. The van der Waals surface area contributed by atoms with E-state index >= 15 is 0 Å². The molecule has 5 aromatic rings. The Morgan fingerprint density at radius 3 is 2.29 bits per heavy atom. The number of aromatic nitrogens is 3. The van der Waals surface area contributed by atoms with Gasteiger partial charge in [0.05, 0.1) is 5.69 Å². The van der Waals surface area contributed by atoms with Crippen LogP contribution in [0, 0.1) is 13.8 Å². The van der Waals surface area contributed by atoms with Gasteiger partial charge in [0, 0.05) is 66.3 Å². The third-order valence-corrected chi connectivity index (χ3v) is 7.35. The number of amides is 2. The fourth-order valence-corrected chi connectivity index (χ4v) is 4.69. The van der Waals surface area contributed by atoms with Crippen LogP contribution in [0.1, 0.15) is 37.4 Å². The molecule has 2 heterocycles. The van der Waals surface area contributed by atoms with Crippen molar-refractivity contribution in [2.24, 2.45) is 0 Å². The SMILES string of the molecule is Cc1ccc(C(=O)N(CCN(C)C)Cc2ccc(C(=O)Nc3ccc(C)c(Nc4nccc(-c5cccnc5)n4)c3)cc2)cc1. The Labute approximate surface area is 264 Å². The lowest BCUT2D eigenvalue weighted by Crippen LogP contribution is -2.36. The van der Waals surface area contributed by atoms with Gasteiger partial charge in [-0.25, -0.2) is 9.97 Å². The van der Waals surface area contributed by atoms with Crippen molar-refractivity contribution < 1.29 is 9.59 Å². The van der Waals surface area contributed by atoms with Gasteiger partial charge in [0.2, 0.25) is 5.95 Å². The minimum atomic E-state index is -0.230. The summed E-state index contributed by atoms with van der Waals surface area (Å²) in [5.41, 5.74) is 7.28. The highest BCUT2D eigenvalue weighted by molar-refractivity contribution is 6.04. The molecule has 0 bridgehead atoms. The Hall–Kier alpha value is -5.41. The third kappa shape index (κ3) is 8.36. The number of nitrogens with zero attached hydrogens (tertiary/aromatic N) is 5. The van der Waals surface area contributed by atoms with Gasteiger partial charge in [-0.05, 0) is 93.7 Å². The summed E-state index contributed by atoms with van der Waals surface area (Å²) in [6.45, 7) is 5.75. The van der Waals surface area contributed by atoms with Crippen molar-refractivity contribution in [1.29, 1.82) is 0 Å². The third-order valence-electron chi connectivity index (χ3n) is 7.35. The van der Waals surface area contributed by atoms with Crippen LogP contribution >= 0.6 is 0 Å². The Balaban J connectivity index is 1.25. The molecule has 0 aliphatic carbocycles. The van der Waals surface area contributed by atoms with Crippen LogP contribution in [0.25, 0.3) is 11.3 Å². The lowest BCUT2D eigenvalue weighted by Gasteiger charge is -2.25. The number of anilines is 3. The molecule has 0 saturated carbocycles. The van der Waals surface area contributed by atoms with Crippen LogP contribution in [0.5, 0.6) is 0 Å². The molecule has 9 nitrogen and oxygen atoms in total. The molecule has 45 heavy (non-hydrogen) atoms. The molecule has 0 radical (unpaired) electrons. The van der Waals surface area contributed by atoms with Crippen molar-refractivity contribution in [3.63, 3.8) is 0 Å². The van der Waals surface area contributed by atoms with Crippen LogP contribution < -0.4 is 10.6 Å². The zero-order chi connectivity index (χ0) is 31.8. The Kier molecular flexibility index (Phi) is 9.91. The molecule has 0 unspecified atom stereocenters. The molecule has 2 N–H and O–H groups in total. The maximum Gasteiger partial charge on any atom is 0.255 e. The molecule has 0 aliphatic heterocycles. The van der Waals surface area contributed by atoms with Gasteiger partial charge in [-0.3, -0.25) is 14.6 Å².